The number of nitrogens with zero attached hydrogens (tertiary/aromatic N) is 1. The van der Waals surface area contributed by atoms with Crippen molar-refractivity contribution in [3.05, 3.63) is 48.0 Å². The highest BCUT2D eigenvalue weighted by Crippen LogP contribution is 2.24. The van der Waals surface area contributed by atoms with E-state index in [0.29, 0.717) is 24.6 Å². The van der Waals surface area contributed by atoms with Crippen molar-refractivity contribution in [3.8, 4) is 11.3 Å². The van der Waals surface area contributed by atoms with E-state index in [4.69, 9.17) is 9.15 Å². The van der Waals surface area contributed by atoms with Crippen LogP contribution in [-0.2, 0) is 4.74 Å². The molecule has 1 aromatic heterocycles. The van der Waals surface area contributed by atoms with Crippen LogP contribution < -0.4 is 0 Å². The Bertz CT molecular complexity index is 642. The number of carbonyl (C=O) groups excluding carboxylic acids is 1. The fraction of sp³-hybridized carbons (Fsp3) is 0.353. The van der Waals surface area contributed by atoms with E-state index < -0.39 is 0 Å². The normalized spacial score (nSPS) is 16.0. The number of ether oxygens (including phenoxy) is 1. The largest absolute Gasteiger partial charge is 0.451 e. The summed E-state index contributed by atoms with van der Waals surface area (Å²) in [7, 11) is 1.70. The van der Waals surface area contributed by atoms with Crippen molar-refractivity contribution in [2.75, 3.05) is 20.2 Å². The van der Waals surface area contributed by atoms with Crippen molar-refractivity contribution >= 4 is 5.91 Å². The molecule has 3 rings (SSSR count). The zero-order valence-electron chi connectivity index (χ0n) is 12.4. The lowest BCUT2D eigenvalue weighted by Crippen LogP contribution is -2.40. The molecule has 5 heteroatoms. The van der Waals surface area contributed by atoms with Gasteiger partial charge in [-0.1, -0.05) is 0 Å². The van der Waals surface area contributed by atoms with Crippen LogP contribution in [0.5, 0.6) is 0 Å². The number of amides is 1. The summed E-state index contributed by atoms with van der Waals surface area (Å²) >= 11 is 0. The Balaban J connectivity index is 1.71. The smallest absolute Gasteiger partial charge is 0.289 e. The fourth-order valence-electron chi connectivity index (χ4n) is 2.67. The van der Waals surface area contributed by atoms with Crippen molar-refractivity contribution in [2.45, 2.75) is 18.9 Å². The van der Waals surface area contributed by atoms with Gasteiger partial charge in [0.15, 0.2) is 5.76 Å². The Morgan fingerprint density at radius 2 is 1.86 bits per heavy atom. The second-order valence-corrected chi connectivity index (χ2v) is 5.40. The maximum absolute atomic E-state index is 12.9. The van der Waals surface area contributed by atoms with Gasteiger partial charge in [-0.15, -0.1) is 0 Å². The Kier molecular flexibility index (Phi) is 4.24. The average Bonchev–Trinajstić information content (AvgIpc) is 3.05. The van der Waals surface area contributed by atoms with E-state index in [1.165, 1.54) is 12.1 Å². The highest BCUT2D eigenvalue weighted by Gasteiger charge is 2.25. The number of furan rings is 1. The number of methoxy groups -OCH3 is 1. The van der Waals surface area contributed by atoms with Gasteiger partial charge in [0.1, 0.15) is 11.6 Å². The van der Waals surface area contributed by atoms with Crippen LogP contribution in [0.2, 0.25) is 0 Å². The van der Waals surface area contributed by atoms with Crippen LogP contribution in [0.15, 0.2) is 40.8 Å². The van der Waals surface area contributed by atoms with Crippen LogP contribution in [0.3, 0.4) is 0 Å². The molecule has 0 atom stereocenters. The van der Waals surface area contributed by atoms with Gasteiger partial charge in [0, 0.05) is 25.8 Å². The van der Waals surface area contributed by atoms with Crippen molar-refractivity contribution < 1.29 is 18.3 Å². The molecule has 0 unspecified atom stereocenters. The van der Waals surface area contributed by atoms with Crippen molar-refractivity contribution in [3.63, 3.8) is 0 Å². The SMILES string of the molecule is COC1CCN(C(=O)c2ccc(-c3ccc(F)cc3)o2)CC1. The first kappa shape index (κ1) is 14.8. The van der Waals surface area contributed by atoms with E-state index >= 15 is 0 Å². The van der Waals surface area contributed by atoms with Crippen molar-refractivity contribution in [1.82, 2.24) is 4.90 Å². The summed E-state index contributed by atoms with van der Waals surface area (Å²) in [6.45, 7) is 1.34. The van der Waals surface area contributed by atoms with Gasteiger partial charge in [-0.25, -0.2) is 4.39 Å². The quantitative estimate of drug-likeness (QED) is 0.873. The van der Waals surface area contributed by atoms with Gasteiger partial charge in [-0.3, -0.25) is 4.79 Å². The highest BCUT2D eigenvalue weighted by atomic mass is 19.1. The summed E-state index contributed by atoms with van der Waals surface area (Å²) in [6, 6.07) is 9.41. The summed E-state index contributed by atoms with van der Waals surface area (Å²) in [6.07, 6.45) is 1.91. The summed E-state index contributed by atoms with van der Waals surface area (Å²) in [5.41, 5.74) is 0.749. The van der Waals surface area contributed by atoms with Gasteiger partial charge in [-0.2, -0.15) is 0 Å². The lowest BCUT2D eigenvalue weighted by molar-refractivity contribution is 0.0335. The molecular formula is C17H18FNO3. The zero-order valence-corrected chi connectivity index (χ0v) is 12.4. The molecule has 0 radical (unpaired) electrons. The second kappa shape index (κ2) is 6.32. The number of benzene rings is 1. The molecule has 1 aliphatic heterocycles. The molecular weight excluding hydrogens is 285 g/mol. The standard InChI is InChI=1S/C17H18FNO3/c1-21-14-8-10-19(11-9-14)17(20)16-7-6-15(22-16)12-2-4-13(18)5-3-12/h2-7,14H,8-11H2,1H3. The summed E-state index contributed by atoms with van der Waals surface area (Å²) < 4.78 is 23.9. The third kappa shape index (κ3) is 3.04. The van der Waals surface area contributed by atoms with Crippen molar-refractivity contribution in [1.29, 1.82) is 0 Å². The zero-order chi connectivity index (χ0) is 15.5. The van der Waals surface area contributed by atoms with Crippen molar-refractivity contribution in [2.24, 2.45) is 0 Å². The minimum Gasteiger partial charge on any atom is -0.451 e. The van der Waals surface area contributed by atoms with Gasteiger partial charge in [0.05, 0.1) is 6.10 Å². The molecule has 1 amide bonds. The summed E-state index contributed by atoms with van der Waals surface area (Å²) in [4.78, 5) is 14.2. The summed E-state index contributed by atoms with van der Waals surface area (Å²) in [5, 5.41) is 0. The topological polar surface area (TPSA) is 42.7 Å². The van der Waals surface area contributed by atoms with Gasteiger partial charge < -0.3 is 14.1 Å². The molecule has 2 aromatic rings. The fourth-order valence-corrected chi connectivity index (χ4v) is 2.67. The molecule has 0 aliphatic carbocycles. The molecule has 0 saturated carbocycles. The van der Waals surface area contributed by atoms with Gasteiger partial charge in [-0.05, 0) is 49.2 Å². The van der Waals surface area contributed by atoms with Gasteiger partial charge in [0.2, 0.25) is 0 Å². The Morgan fingerprint density at radius 1 is 1.18 bits per heavy atom. The predicted molar refractivity (Wildman–Crippen MR) is 80.0 cm³/mol. The highest BCUT2D eigenvalue weighted by molar-refractivity contribution is 5.92. The lowest BCUT2D eigenvalue weighted by Gasteiger charge is -2.30. The minimum absolute atomic E-state index is 0.108. The van der Waals surface area contributed by atoms with E-state index in [1.54, 1.807) is 36.3 Å². The van der Waals surface area contributed by atoms with Crippen LogP contribution in [0.4, 0.5) is 4.39 Å². The Labute approximate surface area is 128 Å². The molecule has 4 nitrogen and oxygen atoms in total. The molecule has 0 N–H and O–H groups in total. The molecule has 1 fully saturated rings. The number of hydrogen-bond acceptors (Lipinski definition) is 3. The van der Waals surface area contributed by atoms with Crippen LogP contribution >= 0.6 is 0 Å². The molecule has 0 spiro atoms. The maximum atomic E-state index is 12.9. The van der Waals surface area contributed by atoms with Crippen LogP contribution in [-0.4, -0.2) is 37.1 Å². The number of piperidine rings is 1. The molecule has 22 heavy (non-hydrogen) atoms. The molecule has 1 aliphatic rings. The first-order valence-electron chi connectivity index (χ1n) is 7.35. The maximum Gasteiger partial charge on any atom is 0.289 e. The third-order valence-corrected chi connectivity index (χ3v) is 4.01. The summed E-state index contributed by atoms with van der Waals surface area (Å²) in [5.74, 6) is 0.473. The molecule has 2 heterocycles. The van der Waals surface area contributed by atoms with Crippen LogP contribution in [0.1, 0.15) is 23.4 Å². The van der Waals surface area contributed by atoms with E-state index in [9.17, 15) is 9.18 Å². The molecule has 0 bridgehead atoms. The van der Waals surface area contributed by atoms with E-state index in [1.807, 2.05) is 0 Å². The number of rotatable bonds is 3. The average molecular weight is 303 g/mol. The van der Waals surface area contributed by atoms with E-state index in [2.05, 4.69) is 0 Å². The van der Waals surface area contributed by atoms with Crippen LogP contribution in [0.25, 0.3) is 11.3 Å². The number of likely N-dealkylation sites (tertiary alicyclic amines) is 1. The Morgan fingerprint density at radius 3 is 2.50 bits per heavy atom. The van der Waals surface area contributed by atoms with E-state index in [0.717, 1.165) is 18.4 Å². The molecule has 1 saturated heterocycles. The lowest BCUT2D eigenvalue weighted by atomic mass is 10.1. The van der Waals surface area contributed by atoms with E-state index in [-0.39, 0.29) is 17.8 Å². The van der Waals surface area contributed by atoms with Crippen LogP contribution in [0, 0.1) is 5.82 Å². The third-order valence-electron chi connectivity index (χ3n) is 4.01. The molecule has 116 valence electrons. The first-order valence-corrected chi connectivity index (χ1v) is 7.35. The first-order chi connectivity index (χ1) is 10.7. The number of carbonyl (C=O) groups is 1. The predicted octanol–water partition coefficient (Wildman–Crippen LogP) is 3.34. The second-order valence-electron chi connectivity index (χ2n) is 5.40. The van der Waals surface area contributed by atoms with Gasteiger partial charge >= 0.3 is 0 Å². The molecule has 1 aromatic carbocycles. The number of hydrogen-bond donors (Lipinski definition) is 0. The number of halogens is 1. The van der Waals surface area contributed by atoms with Gasteiger partial charge in [0.25, 0.3) is 5.91 Å². The monoisotopic (exact) mass is 303 g/mol. The minimum atomic E-state index is -0.298. The Hall–Kier alpha value is -2.14.